The number of nitrogens with zero attached hydrogens (tertiary/aromatic N) is 2. The fourth-order valence-electron chi connectivity index (χ4n) is 3.44. The van der Waals surface area contributed by atoms with Crippen molar-refractivity contribution in [3.8, 4) is 11.5 Å². The van der Waals surface area contributed by atoms with Gasteiger partial charge in [-0.25, -0.2) is 4.98 Å². The smallest absolute Gasteiger partial charge is 0.261 e. The molecule has 1 N–H and O–H groups in total. The molecule has 1 atom stereocenters. The molecule has 8 heteroatoms. The summed E-state index contributed by atoms with van der Waals surface area (Å²) in [5, 5.41) is 3.52. The van der Waals surface area contributed by atoms with E-state index in [1.54, 1.807) is 12.1 Å². The van der Waals surface area contributed by atoms with Gasteiger partial charge in [-0.1, -0.05) is 35.0 Å². The second kappa shape index (κ2) is 10.4. The highest BCUT2D eigenvalue weighted by molar-refractivity contribution is 9.10. The number of carbonyl (C=O) groups excluding carboxylic acids is 1. The van der Waals surface area contributed by atoms with Gasteiger partial charge in [-0.3, -0.25) is 14.2 Å². The number of hydrogen-bond acceptors (Lipinski definition) is 5. The van der Waals surface area contributed by atoms with Crippen LogP contribution in [0.5, 0.6) is 11.5 Å². The predicted octanol–water partition coefficient (Wildman–Crippen LogP) is 4.22. The first-order valence-electron chi connectivity index (χ1n) is 10.1. The number of nitrogens with one attached hydrogen (secondary N) is 1. The second-order valence-corrected chi connectivity index (χ2v) is 8.07. The normalized spacial score (nSPS) is 11.9. The fraction of sp³-hybridized carbons (Fsp3) is 0.348. The van der Waals surface area contributed by atoms with E-state index >= 15 is 0 Å². The molecule has 164 valence electrons. The molecule has 1 amide bonds. The SMILES string of the molecule is CCC(NC(=O)CCCn1cnc2cc(OC)c(OC)cc2c1=O)c1ccc(Br)cc1. The van der Waals surface area contributed by atoms with E-state index < -0.39 is 0 Å². The summed E-state index contributed by atoms with van der Waals surface area (Å²) < 4.78 is 13.1. The number of ether oxygens (including phenoxy) is 2. The molecule has 0 aliphatic heterocycles. The maximum Gasteiger partial charge on any atom is 0.261 e. The van der Waals surface area contributed by atoms with Gasteiger partial charge >= 0.3 is 0 Å². The topological polar surface area (TPSA) is 82.5 Å². The standard InChI is InChI=1S/C23H26BrN3O4/c1-4-18(15-7-9-16(24)10-8-15)26-22(28)6-5-11-27-14-25-19-13-21(31-3)20(30-2)12-17(19)23(27)29/h7-10,12-14,18H,4-6,11H2,1-3H3,(H,26,28). The molecule has 0 aliphatic carbocycles. The molecule has 1 aromatic heterocycles. The van der Waals surface area contributed by atoms with Crippen molar-refractivity contribution in [3.63, 3.8) is 0 Å². The first kappa shape index (κ1) is 22.8. The summed E-state index contributed by atoms with van der Waals surface area (Å²) in [6, 6.07) is 11.2. The number of hydrogen-bond donors (Lipinski definition) is 1. The Morgan fingerprint density at radius 3 is 2.48 bits per heavy atom. The molecule has 31 heavy (non-hydrogen) atoms. The minimum Gasteiger partial charge on any atom is -0.493 e. The molecule has 0 fully saturated rings. The number of carbonyl (C=O) groups is 1. The summed E-state index contributed by atoms with van der Waals surface area (Å²) in [5.41, 5.74) is 1.43. The van der Waals surface area contributed by atoms with Gasteiger partial charge in [0.25, 0.3) is 5.56 Å². The number of rotatable bonds is 9. The maximum absolute atomic E-state index is 12.8. The molecule has 1 heterocycles. The van der Waals surface area contributed by atoms with Crippen molar-refractivity contribution >= 4 is 32.7 Å². The number of halogens is 1. The first-order chi connectivity index (χ1) is 15.0. The Balaban J connectivity index is 1.64. The van der Waals surface area contributed by atoms with Gasteiger partial charge in [0.05, 0.1) is 37.5 Å². The van der Waals surface area contributed by atoms with Crippen molar-refractivity contribution in [2.45, 2.75) is 38.8 Å². The van der Waals surface area contributed by atoms with Crippen LogP contribution in [0.1, 0.15) is 37.8 Å². The van der Waals surface area contributed by atoms with Crippen LogP contribution in [-0.2, 0) is 11.3 Å². The summed E-state index contributed by atoms with van der Waals surface area (Å²) in [7, 11) is 3.06. The Morgan fingerprint density at radius 1 is 1.16 bits per heavy atom. The van der Waals surface area contributed by atoms with E-state index in [2.05, 4.69) is 26.2 Å². The lowest BCUT2D eigenvalue weighted by molar-refractivity contribution is -0.122. The summed E-state index contributed by atoms with van der Waals surface area (Å²) in [5.74, 6) is 0.958. The number of amides is 1. The zero-order valence-electron chi connectivity index (χ0n) is 17.9. The largest absolute Gasteiger partial charge is 0.493 e. The monoisotopic (exact) mass is 487 g/mol. The lowest BCUT2D eigenvalue weighted by Crippen LogP contribution is -2.28. The van der Waals surface area contributed by atoms with Crippen LogP contribution in [0.25, 0.3) is 10.9 Å². The molecule has 3 rings (SSSR count). The van der Waals surface area contributed by atoms with Gasteiger partial charge in [-0.15, -0.1) is 0 Å². The highest BCUT2D eigenvalue weighted by Crippen LogP contribution is 2.29. The molecular formula is C23H26BrN3O4. The van der Waals surface area contributed by atoms with Gasteiger partial charge < -0.3 is 14.8 Å². The molecule has 0 radical (unpaired) electrons. The van der Waals surface area contributed by atoms with E-state index in [4.69, 9.17) is 9.47 Å². The average Bonchev–Trinajstić information content (AvgIpc) is 2.78. The highest BCUT2D eigenvalue weighted by atomic mass is 79.9. The van der Waals surface area contributed by atoms with Crippen molar-refractivity contribution in [1.82, 2.24) is 14.9 Å². The van der Waals surface area contributed by atoms with E-state index in [0.29, 0.717) is 41.8 Å². The number of aromatic nitrogens is 2. The van der Waals surface area contributed by atoms with Crippen LogP contribution in [-0.4, -0.2) is 29.7 Å². The molecule has 0 aliphatic rings. The number of fused-ring (bicyclic) bond motifs is 1. The number of aryl methyl sites for hydroxylation is 1. The van der Waals surface area contributed by atoms with Crippen molar-refractivity contribution in [1.29, 1.82) is 0 Å². The van der Waals surface area contributed by atoms with Gasteiger partial charge in [0.2, 0.25) is 5.91 Å². The third kappa shape index (κ3) is 5.44. The van der Waals surface area contributed by atoms with E-state index in [0.717, 1.165) is 16.5 Å². The van der Waals surface area contributed by atoms with Crippen molar-refractivity contribution < 1.29 is 14.3 Å². The molecule has 3 aromatic rings. The van der Waals surface area contributed by atoms with Gasteiger partial charge in [0.1, 0.15) is 0 Å². The molecule has 2 aromatic carbocycles. The minimum atomic E-state index is -0.173. The fourth-order valence-corrected chi connectivity index (χ4v) is 3.70. The second-order valence-electron chi connectivity index (χ2n) is 7.15. The Hall–Kier alpha value is -2.87. The minimum absolute atomic E-state index is 0.0342. The Labute approximate surface area is 189 Å². The van der Waals surface area contributed by atoms with Gasteiger partial charge in [-0.2, -0.15) is 0 Å². The van der Waals surface area contributed by atoms with E-state index in [1.165, 1.54) is 25.1 Å². The average molecular weight is 488 g/mol. The van der Waals surface area contributed by atoms with Crippen molar-refractivity contribution in [3.05, 3.63) is 63.1 Å². The Bertz CT molecular complexity index is 1110. The molecule has 1 unspecified atom stereocenters. The molecular weight excluding hydrogens is 462 g/mol. The molecule has 0 saturated heterocycles. The lowest BCUT2D eigenvalue weighted by atomic mass is 10.0. The first-order valence-corrected chi connectivity index (χ1v) is 10.9. The van der Waals surface area contributed by atoms with Crippen LogP contribution < -0.4 is 20.3 Å². The van der Waals surface area contributed by atoms with Crippen LogP contribution in [0.15, 0.2) is 52.0 Å². The Morgan fingerprint density at radius 2 is 1.84 bits per heavy atom. The van der Waals surface area contributed by atoms with Crippen LogP contribution in [0, 0.1) is 0 Å². The van der Waals surface area contributed by atoms with E-state index in [-0.39, 0.29) is 17.5 Å². The lowest BCUT2D eigenvalue weighted by Gasteiger charge is -2.17. The number of methoxy groups -OCH3 is 2. The van der Waals surface area contributed by atoms with Gasteiger partial charge in [-0.05, 0) is 36.6 Å². The van der Waals surface area contributed by atoms with Crippen molar-refractivity contribution in [2.24, 2.45) is 0 Å². The zero-order valence-corrected chi connectivity index (χ0v) is 19.4. The maximum atomic E-state index is 12.8. The van der Waals surface area contributed by atoms with Crippen molar-refractivity contribution in [2.75, 3.05) is 14.2 Å². The summed E-state index contributed by atoms with van der Waals surface area (Å²) in [6.45, 7) is 2.44. The summed E-state index contributed by atoms with van der Waals surface area (Å²) in [6.07, 6.45) is 3.16. The van der Waals surface area contributed by atoms with Gasteiger partial charge in [0, 0.05) is 23.5 Å². The third-order valence-corrected chi connectivity index (χ3v) is 5.68. The van der Waals surface area contributed by atoms with Crippen LogP contribution in [0.3, 0.4) is 0 Å². The van der Waals surface area contributed by atoms with E-state index in [1.807, 2.05) is 31.2 Å². The third-order valence-electron chi connectivity index (χ3n) is 5.15. The van der Waals surface area contributed by atoms with Crippen LogP contribution in [0.2, 0.25) is 0 Å². The highest BCUT2D eigenvalue weighted by Gasteiger charge is 2.14. The van der Waals surface area contributed by atoms with Gasteiger partial charge in [0.15, 0.2) is 11.5 Å². The zero-order chi connectivity index (χ0) is 22.4. The Kier molecular flexibility index (Phi) is 7.68. The van der Waals surface area contributed by atoms with E-state index in [9.17, 15) is 9.59 Å². The molecule has 0 bridgehead atoms. The van der Waals surface area contributed by atoms with Crippen LogP contribution >= 0.6 is 15.9 Å². The predicted molar refractivity (Wildman–Crippen MR) is 124 cm³/mol. The quantitative estimate of drug-likeness (QED) is 0.488. The summed E-state index contributed by atoms with van der Waals surface area (Å²) >= 11 is 3.43. The summed E-state index contributed by atoms with van der Waals surface area (Å²) in [4.78, 5) is 29.6. The van der Waals surface area contributed by atoms with Crippen LogP contribution in [0.4, 0.5) is 0 Å². The molecule has 0 spiro atoms. The number of benzene rings is 2. The molecule has 7 nitrogen and oxygen atoms in total. The molecule has 0 saturated carbocycles.